The zero-order chi connectivity index (χ0) is 32.2. The summed E-state index contributed by atoms with van der Waals surface area (Å²) in [6.07, 6.45) is 5.26. The maximum absolute atomic E-state index is 14.1. The Kier molecular flexibility index (Phi) is 8.68. The third kappa shape index (κ3) is 6.47. The van der Waals surface area contributed by atoms with Gasteiger partial charge in [0.1, 0.15) is 11.3 Å². The van der Waals surface area contributed by atoms with Crippen LogP contribution in [0.3, 0.4) is 0 Å². The zero-order valence-corrected chi connectivity index (χ0v) is 26.2. The van der Waals surface area contributed by atoms with E-state index in [4.69, 9.17) is 28.7 Å². The van der Waals surface area contributed by atoms with Crippen LogP contribution in [-0.4, -0.2) is 55.7 Å². The highest BCUT2D eigenvalue weighted by atomic mass is 16.7. The average molecular weight is 640 g/mol. The summed E-state index contributed by atoms with van der Waals surface area (Å²) in [6, 6.07) is 21.1. The Labute approximate surface area is 272 Å². The minimum atomic E-state index is -1.90. The summed E-state index contributed by atoms with van der Waals surface area (Å²) in [5, 5.41) is 4.62. The SMILES string of the molecule is COc1ccc(COC2(OCc3ccc4c(c3)OCO4)N=C(N3CCc4ccccc43)NC=C2C(=O)NN2CCCCCC2=O)cc1. The number of hydrogen-bond acceptors (Lipinski definition) is 10. The molecule has 0 radical (unpaired) electrons. The van der Waals surface area contributed by atoms with Crippen molar-refractivity contribution in [1.82, 2.24) is 15.8 Å². The molecular formula is C35H37N5O7. The fourth-order valence-corrected chi connectivity index (χ4v) is 6.03. The number of ether oxygens (including phenoxy) is 5. The molecule has 7 rings (SSSR count). The molecule has 1 unspecified atom stereocenters. The predicted molar refractivity (Wildman–Crippen MR) is 172 cm³/mol. The second kappa shape index (κ2) is 13.3. The van der Waals surface area contributed by atoms with Crippen LogP contribution in [0.25, 0.3) is 0 Å². The van der Waals surface area contributed by atoms with Gasteiger partial charge in [-0.1, -0.05) is 42.8 Å². The zero-order valence-electron chi connectivity index (χ0n) is 26.2. The molecule has 2 amide bonds. The molecule has 1 saturated heterocycles. The van der Waals surface area contributed by atoms with E-state index in [0.29, 0.717) is 42.7 Å². The van der Waals surface area contributed by atoms with Crippen LogP contribution in [0.1, 0.15) is 42.4 Å². The van der Waals surface area contributed by atoms with Gasteiger partial charge in [0.05, 0.1) is 20.3 Å². The van der Waals surface area contributed by atoms with Gasteiger partial charge in [-0.15, -0.1) is 0 Å². The van der Waals surface area contributed by atoms with Crippen LogP contribution in [0.15, 0.2) is 83.5 Å². The molecule has 0 spiro atoms. The first-order chi connectivity index (χ1) is 23.0. The standard InChI is InChI=1S/C35H37N5O7/c1-43-27-13-10-24(11-14-27)21-46-35(47-22-25-12-15-30-31(19-25)45-23-44-30)28(33(42)38-40-17-6-2-3-9-32(40)41)20-36-34(37-35)39-18-16-26-7-4-5-8-29(26)39/h4-5,7-8,10-15,19-20H,2-3,6,9,16-18,21-23H2,1H3,(H,36,37)(H,38,42). The Balaban J connectivity index is 1.25. The molecule has 12 heteroatoms. The highest BCUT2D eigenvalue weighted by Crippen LogP contribution is 2.36. The minimum absolute atomic E-state index is 0.0277. The number of benzene rings is 3. The van der Waals surface area contributed by atoms with E-state index in [2.05, 4.69) is 16.8 Å². The van der Waals surface area contributed by atoms with E-state index < -0.39 is 11.8 Å². The minimum Gasteiger partial charge on any atom is -0.497 e. The van der Waals surface area contributed by atoms with Gasteiger partial charge >= 0.3 is 5.91 Å². The summed E-state index contributed by atoms with van der Waals surface area (Å²) in [6.45, 7) is 1.33. The van der Waals surface area contributed by atoms with Crippen LogP contribution in [-0.2, 0) is 38.7 Å². The predicted octanol–water partition coefficient (Wildman–Crippen LogP) is 4.15. The van der Waals surface area contributed by atoms with Crippen LogP contribution < -0.4 is 29.9 Å². The van der Waals surface area contributed by atoms with Crippen LogP contribution in [0, 0.1) is 0 Å². The molecule has 4 aliphatic heterocycles. The number of para-hydroxylation sites is 1. The van der Waals surface area contributed by atoms with E-state index in [9.17, 15) is 9.59 Å². The summed E-state index contributed by atoms with van der Waals surface area (Å²) >= 11 is 0. The number of hydrogen-bond donors (Lipinski definition) is 2. The number of guanidine groups is 1. The van der Waals surface area contributed by atoms with Crippen molar-refractivity contribution in [1.29, 1.82) is 0 Å². The van der Waals surface area contributed by atoms with Crippen LogP contribution in [0.2, 0.25) is 0 Å². The highest BCUT2D eigenvalue weighted by molar-refractivity contribution is 6.03. The molecule has 47 heavy (non-hydrogen) atoms. The van der Waals surface area contributed by atoms with Crippen molar-refractivity contribution >= 4 is 23.5 Å². The van der Waals surface area contributed by atoms with E-state index in [0.717, 1.165) is 42.5 Å². The monoisotopic (exact) mass is 639 g/mol. The molecule has 244 valence electrons. The van der Waals surface area contributed by atoms with E-state index >= 15 is 0 Å². The lowest BCUT2D eigenvalue weighted by Gasteiger charge is -2.37. The average Bonchev–Trinajstić information content (AvgIpc) is 3.71. The summed E-state index contributed by atoms with van der Waals surface area (Å²) in [5.41, 5.74) is 6.68. The van der Waals surface area contributed by atoms with Gasteiger partial charge in [0.2, 0.25) is 18.7 Å². The number of amides is 2. The second-order valence-corrected chi connectivity index (χ2v) is 11.7. The Morgan fingerprint density at radius 1 is 0.936 bits per heavy atom. The van der Waals surface area contributed by atoms with Crippen LogP contribution in [0.4, 0.5) is 5.69 Å². The number of hydrazine groups is 1. The molecule has 0 aromatic heterocycles. The number of nitrogens with one attached hydrogen (secondary N) is 2. The Morgan fingerprint density at radius 3 is 2.57 bits per heavy atom. The highest BCUT2D eigenvalue weighted by Gasteiger charge is 2.46. The van der Waals surface area contributed by atoms with Gasteiger partial charge in [-0.3, -0.25) is 20.0 Å². The summed E-state index contributed by atoms with van der Waals surface area (Å²) in [7, 11) is 1.61. The molecule has 3 aromatic rings. The van der Waals surface area contributed by atoms with Gasteiger partial charge in [-0.2, -0.15) is 4.99 Å². The number of anilines is 1. The van der Waals surface area contributed by atoms with Gasteiger partial charge in [0, 0.05) is 31.4 Å². The van der Waals surface area contributed by atoms with Crippen LogP contribution in [0.5, 0.6) is 17.2 Å². The number of fused-ring (bicyclic) bond motifs is 2. The van der Waals surface area contributed by atoms with E-state index in [1.807, 2.05) is 65.6 Å². The molecule has 0 bridgehead atoms. The van der Waals surface area contributed by atoms with Gasteiger partial charge in [-0.05, 0) is 66.3 Å². The fraction of sp³-hybridized carbons (Fsp3) is 0.343. The lowest BCUT2D eigenvalue weighted by molar-refractivity contribution is -0.221. The van der Waals surface area contributed by atoms with Crippen molar-refractivity contribution in [2.24, 2.45) is 4.99 Å². The first-order valence-corrected chi connectivity index (χ1v) is 15.8. The Hall–Kier alpha value is -5.07. The summed E-state index contributed by atoms with van der Waals surface area (Å²) < 4.78 is 29.6. The second-order valence-electron chi connectivity index (χ2n) is 11.7. The normalized spacial score (nSPS) is 20.1. The largest absolute Gasteiger partial charge is 0.497 e. The molecule has 0 saturated carbocycles. The Bertz CT molecular complexity index is 1710. The third-order valence-electron chi connectivity index (χ3n) is 8.60. The van der Waals surface area contributed by atoms with Gasteiger partial charge < -0.3 is 33.9 Å². The van der Waals surface area contributed by atoms with Crippen molar-refractivity contribution in [3.8, 4) is 17.2 Å². The van der Waals surface area contributed by atoms with Crippen molar-refractivity contribution in [3.63, 3.8) is 0 Å². The Morgan fingerprint density at radius 2 is 1.72 bits per heavy atom. The third-order valence-corrected chi connectivity index (χ3v) is 8.60. The van der Waals surface area contributed by atoms with Crippen molar-refractivity contribution < 1.29 is 33.3 Å². The molecule has 4 heterocycles. The fourth-order valence-electron chi connectivity index (χ4n) is 6.03. The lowest BCUT2D eigenvalue weighted by Crippen LogP contribution is -2.54. The van der Waals surface area contributed by atoms with E-state index in [1.54, 1.807) is 13.3 Å². The van der Waals surface area contributed by atoms with Gasteiger partial charge in [-0.25, -0.2) is 0 Å². The smallest absolute Gasteiger partial charge is 0.308 e. The topological polar surface area (TPSA) is 123 Å². The number of carbonyl (C=O) groups excluding carboxylic acids is 2. The first-order valence-electron chi connectivity index (χ1n) is 15.8. The molecule has 3 aromatic carbocycles. The summed E-state index contributed by atoms with van der Waals surface area (Å²) in [4.78, 5) is 34.1. The van der Waals surface area contributed by atoms with E-state index in [-0.39, 0.29) is 31.5 Å². The van der Waals surface area contributed by atoms with Gasteiger partial charge in [0.25, 0.3) is 5.91 Å². The number of carbonyl (C=O) groups is 2. The van der Waals surface area contributed by atoms with Crippen molar-refractivity contribution in [3.05, 3.63) is 95.2 Å². The van der Waals surface area contributed by atoms with Gasteiger partial charge in [0.15, 0.2) is 11.5 Å². The number of methoxy groups -OCH3 is 1. The molecule has 1 fully saturated rings. The number of rotatable bonds is 9. The number of aliphatic imine (C=N–C) groups is 1. The summed E-state index contributed by atoms with van der Waals surface area (Å²) in [5.74, 6) is -0.154. The lowest BCUT2D eigenvalue weighted by atomic mass is 10.1. The molecule has 4 aliphatic rings. The molecular weight excluding hydrogens is 602 g/mol. The van der Waals surface area contributed by atoms with E-state index in [1.165, 1.54) is 10.6 Å². The maximum Gasteiger partial charge on any atom is 0.308 e. The quantitative estimate of drug-likeness (QED) is 0.333. The first kappa shape index (κ1) is 30.6. The molecule has 2 N–H and O–H groups in total. The maximum atomic E-state index is 14.1. The molecule has 12 nitrogen and oxygen atoms in total. The van der Waals surface area contributed by atoms with Crippen molar-refractivity contribution in [2.45, 2.75) is 51.2 Å². The number of nitrogens with zero attached hydrogens (tertiary/aromatic N) is 3. The molecule has 1 atom stereocenters. The van der Waals surface area contributed by atoms with Crippen LogP contribution >= 0.6 is 0 Å². The molecule has 0 aliphatic carbocycles. The van der Waals surface area contributed by atoms with Crippen molar-refractivity contribution in [2.75, 3.05) is 31.9 Å².